The van der Waals surface area contributed by atoms with Crippen molar-refractivity contribution in [1.29, 1.82) is 0 Å². The van der Waals surface area contributed by atoms with Gasteiger partial charge in [0.15, 0.2) is 5.82 Å². The highest BCUT2D eigenvalue weighted by Crippen LogP contribution is 2.22. The predicted molar refractivity (Wildman–Crippen MR) is 78.6 cm³/mol. The zero-order valence-corrected chi connectivity index (χ0v) is 12.6. The van der Waals surface area contributed by atoms with E-state index in [1.165, 1.54) is 10.5 Å². The molecule has 0 spiro atoms. The maximum atomic E-state index is 5.00. The van der Waals surface area contributed by atoms with Gasteiger partial charge in [-0.05, 0) is 17.7 Å². The molecule has 0 aliphatic carbocycles. The molecule has 0 fully saturated rings. The number of hydrogen-bond donors (Lipinski definition) is 1. The van der Waals surface area contributed by atoms with E-state index >= 15 is 0 Å². The standard InChI is InChI=1S/C14H19N3O2S/c1-11-16-14(17-19-11)10-20-13-5-3-4-12(8-13)9-15-6-7-18-2/h3-5,8,15H,6-7,9-10H2,1-2H3. The van der Waals surface area contributed by atoms with E-state index < -0.39 is 0 Å². The molecule has 0 aliphatic heterocycles. The maximum Gasteiger partial charge on any atom is 0.223 e. The summed E-state index contributed by atoms with van der Waals surface area (Å²) in [6, 6.07) is 8.45. The smallest absolute Gasteiger partial charge is 0.223 e. The average Bonchev–Trinajstić information content (AvgIpc) is 2.88. The summed E-state index contributed by atoms with van der Waals surface area (Å²) in [5.41, 5.74) is 1.26. The first-order valence-corrected chi connectivity index (χ1v) is 7.47. The van der Waals surface area contributed by atoms with Crippen LogP contribution in [0.2, 0.25) is 0 Å². The van der Waals surface area contributed by atoms with Crippen LogP contribution in [-0.2, 0) is 17.0 Å². The Morgan fingerprint density at radius 3 is 3.05 bits per heavy atom. The molecule has 1 N–H and O–H groups in total. The van der Waals surface area contributed by atoms with Crippen LogP contribution in [0.25, 0.3) is 0 Å². The second kappa shape index (κ2) is 8.04. The van der Waals surface area contributed by atoms with E-state index in [-0.39, 0.29) is 0 Å². The first kappa shape index (κ1) is 15.0. The number of rotatable bonds is 8. The minimum atomic E-state index is 0.608. The third-order valence-corrected chi connectivity index (χ3v) is 3.64. The number of aromatic nitrogens is 2. The number of nitrogens with zero attached hydrogens (tertiary/aromatic N) is 2. The quantitative estimate of drug-likeness (QED) is 0.596. The molecular weight excluding hydrogens is 274 g/mol. The van der Waals surface area contributed by atoms with Gasteiger partial charge in [0.05, 0.1) is 12.4 Å². The summed E-state index contributed by atoms with van der Waals surface area (Å²) in [4.78, 5) is 5.40. The van der Waals surface area contributed by atoms with Gasteiger partial charge in [-0.15, -0.1) is 11.8 Å². The molecule has 108 valence electrons. The van der Waals surface area contributed by atoms with Crippen molar-refractivity contribution in [3.63, 3.8) is 0 Å². The Labute approximate surface area is 123 Å². The van der Waals surface area contributed by atoms with Gasteiger partial charge in [-0.25, -0.2) is 0 Å². The van der Waals surface area contributed by atoms with Crippen molar-refractivity contribution in [3.05, 3.63) is 41.5 Å². The van der Waals surface area contributed by atoms with Crippen molar-refractivity contribution in [3.8, 4) is 0 Å². The third kappa shape index (κ3) is 4.96. The molecule has 1 heterocycles. The lowest BCUT2D eigenvalue weighted by molar-refractivity contribution is 0.199. The van der Waals surface area contributed by atoms with Gasteiger partial charge in [0, 0.05) is 32.0 Å². The van der Waals surface area contributed by atoms with Crippen LogP contribution in [0.1, 0.15) is 17.3 Å². The van der Waals surface area contributed by atoms with Crippen molar-refractivity contribution >= 4 is 11.8 Å². The van der Waals surface area contributed by atoms with Gasteiger partial charge in [0.25, 0.3) is 0 Å². The fraction of sp³-hybridized carbons (Fsp3) is 0.429. The second-order valence-corrected chi connectivity index (χ2v) is 5.38. The molecule has 0 aliphatic rings. The molecule has 6 heteroatoms. The lowest BCUT2D eigenvalue weighted by Gasteiger charge is -2.06. The molecule has 5 nitrogen and oxygen atoms in total. The van der Waals surface area contributed by atoms with Gasteiger partial charge in [0.2, 0.25) is 5.89 Å². The van der Waals surface area contributed by atoms with Crippen LogP contribution < -0.4 is 5.32 Å². The summed E-state index contributed by atoms with van der Waals surface area (Å²) in [6.07, 6.45) is 0. The zero-order valence-electron chi connectivity index (χ0n) is 11.8. The summed E-state index contributed by atoms with van der Waals surface area (Å²) < 4.78 is 9.96. The van der Waals surface area contributed by atoms with Crippen molar-refractivity contribution < 1.29 is 9.26 Å². The summed E-state index contributed by atoms with van der Waals surface area (Å²) >= 11 is 1.71. The molecular formula is C14H19N3O2S. The first-order valence-electron chi connectivity index (χ1n) is 6.48. The van der Waals surface area contributed by atoms with E-state index in [1.54, 1.807) is 25.8 Å². The average molecular weight is 293 g/mol. The Hall–Kier alpha value is -1.37. The van der Waals surface area contributed by atoms with Crippen molar-refractivity contribution in [2.75, 3.05) is 20.3 Å². The number of methoxy groups -OCH3 is 1. The lowest BCUT2D eigenvalue weighted by atomic mass is 10.2. The largest absolute Gasteiger partial charge is 0.383 e. The van der Waals surface area contributed by atoms with E-state index in [1.807, 2.05) is 0 Å². The molecule has 0 atom stereocenters. The fourth-order valence-electron chi connectivity index (χ4n) is 1.70. The molecule has 2 aromatic rings. The molecule has 0 saturated heterocycles. The monoisotopic (exact) mass is 293 g/mol. The van der Waals surface area contributed by atoms with Crippen molar-refractivity contribution in [1.82, 2.24) is 15.5 Å². The Bertz CT molecular complexity index is 531. The third-order valence-electron chi connectivity index (χ3n) is 2.65. The number of benzene rings is 1. The zero-order chi connectivity index (χ0) is 14.2. The summed E-state index contributed by atoms with van der Waals surface area (Å²) in [5.74, 6) is 2.06. The Morgan fingerprint density at radius 1 is 1.40 bits per heavy atom. The van der Waals surface area contributed by atoms with Gasteiger partial charge < -0.3 is 14.6 Å². The topological polar surface area (TPSA) is 60.2 Å². The van der Waals surface area contributed by atoms with Gasteiger partial charge in [0.1, 0.15) is 0 Å². The molecule has 0 radical (unpaired) electrons. The van der Waals surface area contributed by atoms with Crippen LogP contribution in [0.15, 0.2) is 33.7 Å². The van der Waals surface area contributed by atoms with Crippen LogP contribution in [0, 0.1) is 6.92 Å². The molecule has 2 rings (SSSR count). The van der Waals surface area contributed by atoms with Crippen LogP contribution >= 0.6 is 11.8 Å². The Kier molecular flexibility index (Phi) is 6.04. The van der Waals surface area contributed by atoms with Crippen LogP contribution in [0.5, 0.6) is 0 Å². The molecule has 1 aromatic carbocycles. The van der Waals surface area contributed by atoms with Gasteiger partial charge >= 0.3 is 0 Å². The van der Waals surface area contributed by atoms with Gasteiger partial charge in [-0.3, -0.25) is 0 Å². The molecule has 1 aromatic heterocycles. The highest BCUT2D eigenvalue weighted by atomic mass is 32.2. The van der Waals surface area contributed by atoms with E-state index in [0.29, 0.717) is 5.89 Å². The van der Waals surface area contributed by atoms with Crippen LogP contribution in [0.4, 0.5) is 0 Å². The van der Waals surface area contributed by atoms with E-state index in [0.717, 1.165) is 31.3 Å². The van der Waals surface area contributed by atoms with Gasteiger partial charge in [-0.1, -0.05) is 17.3 Å². The molecule has 0 bridgehead atoms. The Morgan fingerprint density at radius 2 is 2.30 bits per heavy atom. The molecule has 0 unspecified atom stereocenters. The number of hydrogen-bond acceptors (Lipinski definition) is 6. The summed E-state index contributed by atoms with van der Waals surface area (Å²) in [5, 5.41) is 7.22. The number of ether oxygens (including phenoxy) is 1. The Balaban J connectivity index is 1.82. The number of aryl methyl sites for hydroxylation is 1. The second-order valence-electron chi connectivity index (χ2n) is 4.34. The lowest BCUT2D eigenvalue weighted by Crippen LogP contribution is -2.18. The molecule has 20 heavy (non-hydrogen) atoms. The highest BCUT2D eigenvalue weighted by Gasteiger charge is 2.03. The van der Waals surface area contributed by atoms with Crippen LogP contribution in [-0.4, -0.2) is 30.4 Å². The summed E-state index contributed by atoms with van der Waals surface area (Å²) in [7, 11) is 1.71. The minimum Gasteiger partial charge on any atom is -0.383 e. The van der Waals surface area contributed by atoms with Crippen molar-refractivity contribution in [2.45, 2.75) is 24.1 Å². The van der Waals surface area contributed by atoms with Crippen LogP contribution in [0.3, 0.4) is 0 Å². The van der Waals surface area contributed by atoms with Gasteiger partial charge in [-0.2, -0.15) is 4.98 Å². The number of nitrogens with one attached hydrogen (secondary N) is 1. The normalized spacial score (nSPS) is 10.9. The highest BCUT2D eigenvalue weighted by molar-refractivity contribution is 7.98. The fourth-order valence-corrected chi connectivity index (χ4v) is 2.52. The molecule has 0 amide bonds. The first-order chi connectivity index (χ1) is 9.78. The van der Waals surface area contributed by atoms with E-state index in [2.05, 4.69) is 39.7 Å². The number of thioether (sulfide) groups is 1. The minimum absolute atomic E-state index is 0.608. The predicted octanol–water partition coefficient (Wildman–Crippen LogP) is 2.41. The SMILES string of the molecule is COCCNCc1cccc(SCc2noc(C)n2)c1. The van der Waals surface area contributed by atoms with Crippen molar-refractivity contribution in [2.24, 2.45) is 0 Å². The molecule has 0 saturated carbocycles. The maximum absolute atomic E-state index is 5.00. The summed E-state index contributed by atoms with van der Waals surface area (Å²) in [6.45, 7) is 4.23. The van der Waals surface area contributed by atoms with E-state index in [9.17, 15) is 0 Å². The van der Waals surface area contributed by atoms with E-state index in [4.69, 9.17) is 9.26 Å².